The highest BCUT2D eigenvalue weighted by Gasteiger charge is 2.46. The third-order valence-electron chi connectivity index (χ3n) is 7.65. The van der Waals surface area contributed by atoms with Crippen LogP contribution < -0.4 is 4.74 Å². The number of methoxy groups -OCH3 is 1. The van der Waals surface area contributed by atoms with Crippen LogP contribution in [-0.4, -0.2) is 33.3 Å². The van der Waals surface area contributed by atoms with E-state index in [4.69, 9.17) is 37.2 Å². The molecule has 1 aliphatic rings. The molecule has 0 unspecified atom stereocenters. The van der Waals surface area contributed by atoms with Crippen LogP contribution in [0.25, 0.3) is 22.6 Å². The van der Waals surface area contributed by atoms with Crippen LogP contribution in [0, 0.1) is 6.92 Å². The molecule has 1 aliphatic carbocycles. The molecule has 2 heterocycles. The summed E-state index contributed by atoms with van der Waals surface area (Å²) in [5.41, 5.74) is 4.25. The second kappa shape index (κ2) is 11.8. The summed E-state index contributed by atoms with van der Waals surface area (Å²) in [7, 11) is 1.36. The lowest BCUT2D eigenvalue weighted by molar-refractivity contribution is -0.0590. The van der Waals surface area contributed by atoms with Gasteiger partial charge in [0.1, 0.15) is 17.9 Å². The van der Waals surface area contributed by atoms with Gasteiger partial charge in [0.25, 0.3) is 0 Å². The van der Waals surface area contributed by atoms with E-state index < -0.39 is 5.60 Å². The second-order valence-electron chi connectivity index (χ2n) is 10.6. The van der Waals surface area contributed by atoms with Crippen LogP contribution in [0.2, 0.25) is 10.0 Å². The van der Waals surface area contributed by atoms with Gasteiger partial charge in [-0.2, -0.15) is 0 Å². The monoisotopic (exact) mass is 615 g/mol. The minimum atomic E-state index is -1.13. The van der Waals surface area contributed by atoms with E-state index in [0.29, 0.717) is 56.7 Å². The van der Waals surface area contributed by atoms with Crippen LogP contribution in [-0.2, 0) is 16.9 Å². The zero-order chi connectivity index (χ0) is 30.1. The fourth-order valence-electron chi connectivity index (χ4n) is 5.44. The zero-order valence-electron chi connectivity index (χ0n) is 23.4. The van der Waals surface area contributed by atoms with E-state index in [-0.39, 0.29) is 24.4 Å². The lowest BCUT2D eigenvalue weighted by atomic mass is 9.66. The third-order valence-corrected chi connectivity index (χ3v) is 8.28. The number of halogens is 2. The summed E-state index contributed by atoms with van der Waals surface area (Å²) >= 11 is 13.0. The Balaban J connectivity index is 1.20. The third kappa shape index (κ3) is 5.73. The van der Waals surface area contributed by atoms with E-state index in [1.165, 1.54) is 19.5 Å². The van der Waals surface area contributed by atoms with E-state index >= 15 is 0 Å². The first-order valence-electron chi connectivity index (χ1n) is 13.6. The van der Waals surface area contributed by atoms with Gasteiger partial charge in [0.15, 0.2) is 5.76 Å². The highest BCUT2D eigenvalue weighted by Crippen LogP contribution is 2.50. The van der Waals surface area contributed by atoms with Gasteiger partial charge in [0.2, 0.25) is 5.88 Å². The van der Waals surface area contributed by atoms with Gasteiger partial charge in [0, 0.05) is 11.1 Å². The predicted molar refractivity (Wildman–Crippen MR) is 162 cm³/mol. The highest BCUT2D eigenvalue weighted by molar-refractivity contribution is 6.39. The molecular weight excluding hydrogens is 589 g/mol. The van der Waals surface area contributed by atoms with Gasteiger partial charge in [-0.15, -0.1) is 0 Å². The van der Waals surface area contributed by atoms with Crippen LogP contribution in [0.1, 0.15) is 51.5 Å². The number of hydrogen-bond donors (Lipinski definition) is 1. The molecule has 3 aromatic carbocycles. The maximum atomic E-state index is 12.0. The van der Waals surface area contributed by atoms with Crippen LogP contribution in [0.15, 0.2) is 83.6 Å². The Morgan fingerprint density at radius 3 is 2.44 bits per heavy atom. The van der Waals surface area contributed by atoms with Gasteiger partial charge >= 0.3 is 5.97 Å². The molecule has 0 radical (unpaired) electrons. The van der Waals surface area contributed by atoms with Crippen LogP contribution >= 0.6 is 23.2 Å². The Bertz CT molecular complexity index is 1760. The van der Waals surface area contributed by atoms with Gasteiger partial charge in [0.05, 0.1) is 46.4 Å². The Morgan fingerprint density at radius 2 is 1.77 bits per heavy atom. The summed E-state index contributed by atoms with van der Waals surface area (Å²) in [5, 5.41) is 16.4. The lowest BCUT2D eigenvalue weighted by Crippen LogP contribution is -2.40. The van der Waals surface area contributed by atoms with Crippen molar-refractivity contribution < 1.29 is 23.9 Å². The number of aryl methyl sites for hydroxylation is 1. The van der Waals surface area contributed by atoms with Gasteiger partial charge in [-0.1, -0.05) is 70.8 Å². The molecule has 0 atom stereocenters. The van der Waals surface area contributed by atoms with Gasteiger partial charge in [-0.05, 0) is 61.1 Å². The molecule has 0 amide bonds. The molecule has 218 valence electrons. The molecule has 10 heteroatoms. The van der Waals surface area contributed by atoms with Gasteiger partial charge < -0.3 is 19.1 Å². The number of aliphatic hydroxyl groups is 1. The first-order chi connectivity index (χ1) is 20.8. The SMILES string of the molecule is COC(=O)c1cc(C)cc(C2CC(O)(c3cnc(OCc4c(-c5c(Cl)cccc5Cl)noc4-c4ccccc4)cn3)C2)c1. The number of rotatable bonds is 8. The second-order valence-corrected chi connectivity index (χ2v) is 11.4. The number of aromatic nitrogens is 3. The minimum absolute atomic E-state index is 0.0564. The van der Waals surface area contributed by atoms with Crippen molar-refractivity contribution in [2.24, 2.45) is 0 Å². The molecule has 0 bridgehead atoms. The molecule has 1 fully saturated rings. The Hall–Kier alpha value is -4.24. The lowest BCUT2D eigenvalue weighted by Gasteiger charge is -2.43. The summed E-state index contributed by atoms with van der Waals surface area (Å²) < 4.78 is 16.7. The molecule has 1 N–H and O–H groups in total. The molecule has 6 rings (SSSR count). The maximum Gasteiger partial charge on any atom is 0.337 e. The maximum absolute atomic E-state index is 12.0. The molecule has 2 aromatic heterocycles. The number of ether oxygens (including phenoxy) is 2. The average Bonchev–Trinajstić information content (AvgIpc) is 3.41. The van der Waals surface area contributed by atoms with Gasteiger partial charge in [-0.3, -0.25) is 4.98 Å². The van der Waals surface area contributed by atoms with E-state index in [2.05, 4.69) is 15.1 Å². The number of carbonyl (C=O) groups is 1. The number of esters is 1. The first-order valence-corrected chi connectivity index (χ1v) is 14.4. The molecular formula is C33H27Cl2N3O5. The summed E-state index contributed by atoms with van der Waals surface area (Å²) in [5.74, 6) is 0.481. The number of carbonyl (C=O) groups excluding carboxylic acids is 1. The fourth-order valence-corrected chi connectivity index (χ4v) is 6.02. The van der Waals surface area contributed by atoms with E-state index in [0.717, 1.165) is 16.7 Å². The van der Waals surface area contributed by atoms with Crippen LogP contribution in [0.4, 0.5) is 0 Å². The standard InChI is InChI=1S/C33H27Cl2N3O5/c1-19-11-21(13-22(12-19)32(39)41-2)23-14-33(40,15-23)27-16-37-28(17-36-27)42-18-24-30(29-25(34)9-6-10-26(29)35)38-43-31(24)20-7-4-3-5-8-20/h3-13,16-17,23,40H,14-15,18H2,1-2H3. The van der Waals surface area contributed by atoms with Crippen molar-refractivity contribution in [1.82, 2.24) is 15.1 Å². The van der Waals surface area contributed by atoms with Crippen molar-refractivity contribution in [1.29, 1.82) is 0 Å². The quantitative estimate of drug-likeness (QED) is 0.178. The normalized spacial score (nSPS) is 17.7. The molecule has 1 saturated carbocycles. The molecule has 43 heavy (non-hydrogen) atoms. The van der Waals surface area contributed by atoms with Crippen molar-refractivity contribution in [2.75, 3.05) is 7.11 Å². The summed E-state index contributed by atoms with van der Waals surface area (Å²) in [6.45, 7) is 1.99. The van der Waals surface area contributed by atoms with E-state index in [9.17, 15) is 9.90 Å². The van der Waals surface area contributed by atoms with Gasteiger partial charge in [-0.25, -0.2) is 9.78 Å². The molecule has 8 nitrogen and oxygen atoms in total. The molecule has 5 aromatic rings. The van der Waals surface area contributed by atoms with Crippen molar-refractivity contribution >= 4 is 29.2 Å². The number of nitrogens with zero attached hydrogens (tertiary/aromatic N) is 3. The highest BCUT2D eigenvalue weighted by atomic mass is 35.5. The predicted octanol–water partition coefficient (Wildman–Crippen LogP) is 7.54. The molecule has 0 spiro atoms. The zero-order valence-corrected chi connectivity index (χ0v) is 24.9. The van der Waals surface area contributed by atoms with Crippen LogP contribution in [0.3, 0.4) is 0 Å². The Morgan fingerprint density at radius 1 is 1.02 bits per heavy atom. The average molecular weight is 617 g/mol. The largest absolute Gasteiger partial charge is 0.471 e. The first kappa shape index (κ1) is 28.9. The Kier molecular flexibility index (Phi) is 7.92. The van der Waals surface area contributed by atoms with Crippen molar-refractivity contribution in [3.63, 3.8) is 0 Å². The smallest absolute Gasteiger partial charge is 0.337 e. The summed E-state index contributed by atoms with van der Waals surface area (Å²) in [6, 6.07) is 20.4. The van der Waals surface area contributed by atoms with E-state index in [1.807, 2.05) is 49.4 Å². The van der Waals surface area contributed by atoms with E-state index in [1.54, 1.807) is 24.3 Å². The van der Waals surface area contributed by atoms with Crippen LogP contribution in [0.5, 0.6) is 5.88 Å². The summed E-state index contributed by atoms with van der Waals surface area (Å²) in [6.07, 6.45) is 3.92. The topological polar surface area (TPSA) is 108 Å². The fraction of sp³-hybridized carbons (Fsp3) is 0.212. The molecule has 0 aliphatic heterocycles. The van der Waals surface area contributed by atoms with Crippen molar-refractivity contribution in [2.45, 2.75) is 37.9 Å². The number of benzene rings is 3. The summed E-state index contributed by atoms with van der Waals surface area (Å²) in [4.78, 5) is 20.9. The van der Waals surface area contributed by atoms with Crippen molar-refractivity contribution in [3.8, 4) is 28.5 Å². The minimum Gasteiger partial charge on any atom is -0.471 e. The Labute approximate surface area is 258 Å². The number of hydrogen-bond acceptors (Lipinski definition) is 8. The molecule has 0 saturated heterocycles. The van der Waals surface area contributed by atoms with Crippen molar-refractivity contribution in [3.05, 3.63) is 117 Å².